The van der Waals surface area contributed by atoms with Crippen molar-refractivity contribution in [3.05, 3.63) is 35.4 Å². The Morgan fingerprint density at radius 2 is 2.04 bits per heavy atom. The number of aryl methyl sites for hydroxylation is 1. The van der Waals surface area contributed by atoms with Crippen molar-refractivity contribution < 1.29 is 14.3 Å². The molecule has 2 atom stereocenters. The van der Waals surface area contributed by atoms with Crippen molar-refractivity contribution in [2.75, 3.05) is 46.4 Å². The van der Waals surface area contributed by atoms with Crippen LogP contribution in [0.1, 0.15) is 22.3 Å². The number of morpholine rings is 1. The summed E-state index contributed by atoms with van der Waals surface area (Å²) in [6.07, 6.45) is 1.61. The molecule has 6 heteroatoms. The van der Waals surface area contributed by atoms with Gasteiger partial charge in [-0.25, -0.2) is 0 Å². The quantitative estimate of drug-likeness (QED) is 0.808. The Morgan fingerprint density at radius 3 is 2.84 bits per heavy atom. The van der Waals surface area contributed by atoms with E-state index in [1.807, 2.05) is 36.2 Å². The lowest BCUT2D eigenvalue weighted by Gasteiger charge is -2.37. The van der Waals surface area contributed by atoms with Crippen LogP contribution in [0.2, 0.25) is 0 Å². The van der Waals surface area contributed by atoms with Crippen LogP contribution in [-0.4, -0.2) is 73.6 Å². The van der Waals surface area contributed by atoms with Crippen molar-refractivity contribution >= 4 is 11.8 Å². The van der Waals surface area contributed by atoms with Gasteiger partial charge in [-0.3, -0.25) is 9.59 Å². The molecule has 1 aromatic carbocycles. The summed E-state index contributed by atoms with van der Waals surface area (Å²) in [5.74, 6) is -0.101. The number of benzene rings is 1. The Balaban J connectivity index is 1.62. The van der Waals surface area contributed by atoms with E-state index in [2.05, 4.69) is 10.2 Å². The fourth-order valence-electron chi connectivity index (χ4n) is 4.51. The van der Waals surface area contributed by atoms with E-state index in [9.17, 15) is 9.59 Å². The SMILES string of the molecule is CN1C[C@@H](C(=O)N2CCOCC2)[C@@]2(CCc3ccccc3C(=O)N2)C1. The summed E-state index contributed by atoms with van der Waals surface area (Å²) in [5.41, 5.74) is 1.33. The molecule has 0 saturated carbocycles. The number of carbonyl (C=O) groups excluding carboxylic acids is 2. The van der Waals surface area contributed by atoms with Gasteiger partial charge in [-0.05, 0) is 31.5 Å². The van der Waals surface area contributed by atoms with E-state index in [1.165, 1.54) is 0 Å². The first kappa shape index (κ1) is 16.5. The molecule has 3 aliphatic heterocycles. The lowest BCUT2D eigenvalue weighted by Crippen LogP contribution is -2.58. The van der Waals surface area contributed by atoms with Gasteiger partial charge in [-0.1, -0.05) is 18.2 Å². The largest absolute Gasteiger partial charge is 0.378 e. The van der Waals surface area contributed by atoms with Gasteiger partial charge >= 0.3 is 0 Å². The highest BCUT2D eigenvalue weighted by atomic mass is 16.5. The Labute approximate surface area is 148 Å². The number of amides is 2. The van der Waals surface area contributed by atoms with Gasteiger partial charge in [0.2, 0.25) is 5.91 Å². The summed E-state index contributed by atoms with van der Waals surface area (Å²) in [7, 11) is 2.03. The Bertz CT molecular complexity index is 686. The van der Waals surface area contributed by atoms with Gasteiger partial charge in [0.15, 0.2) is 0 Å². The molecule has 2 amide bonds. The third-order valence-electron chi connectivity index (χ3n) is 5.80. The van der Waals surface area contributed by atoms with Gasteiger partial charge in [0.05, 0.1) is 24.7 Å². The van der Waals surface area contributed by atoms with Crippen LogP contribution in [0.25, 0.3) is 0 Å². The first-order chi connectivity index (χ1) is 12.1. The van der Waals surface area contributed by atoms with Gasteiger partial charge < -0.3 is 19.9 Å². The number of hydrogen-bond acceptors (Lipinski definition) is 4. The summed E-state index contributed by atoms with van der Waals surface area (Å²) in [6, 6.07) is 7.77. The number of ether oxygens (including phenoxy) is 1. The van der Waals surface area contributed by atoms with E-state index in [-0.39, 0.29) is 17.7 Å². The van der Waals surface area contributed by atoms with E-state index < -0.39 is 5.54 Å². The molecule has 0 unspecified atom stereocenters. The van der Waals surface area contributed by atoms with Gasteiger partial charge in [0.1, 0.15) is 0 Å². The molecule has 6 nitrogen and oxygen atoms in total. The highest BCUT2D eigenvalue weighted by Gasteiger charge is 2.51. The molecule has 2 fully saturated rings. The molecule has 1 aromatic rings. The lowest BCUT2D eigenvalue weighted by molar-refractivity contribution is -0.141. The van der Waals surface area contributed by atoms with Crippen LogP contribution in [0.3, 0.4) is 0 Å². The molecule has 0 bridgehead atoms. The average molecular weight is 343 g/mol. The minimum atomic E-state index is -0.486. The summed E-state index contributed by atoms with van der Waals surface area (Å²) in [5, 5.41) is 3.25. The smallest absolute Gasteiger partial charge is 0.252 e. The number of nitrogens with zero attached hydrogens (tertiary/aromatic N) is 2. The molecule has 3 aliphatic rings. The predicted octanol–water partition coefficient (Wildman–Crippen LogP) is 0.522. The normalized spacial score (nSPS) is 30.0. The van der Waals surface area contributed by atoms with Crippen LogP contribution >= 0.6 is 0 Å². The predicted molar refractivity (Wildman–Crippen MR) is 93.3 cm³/mol. The number of likely N-dealkylation sites (N-methyl/N-ethyl adjacent to an activating group) is 1. The molecule has 0 aromatic heterocycles. The second-order valence-electron chi connectivity index (χ2n) is 7.45. The summed E-state index contributed by atoms with van der Waals surface area (Å²) >= 11 is 0. The van der Waals surface area contributed by atoms with Crippen LogP contribution in [0.4, 0.5) is 0 Å². The number of hydrogen-bond donors (Lipinski definition) is 1. The molecular weight excluding hydrogens is 318 g/mol. The first-order valence-corrected chi connectivity index (χ1v) is 9.04. The molecule has 134 valence electrons. The maximum atomic E-state index is 13.2. The summed E-state index contributed by atoms with van der Waals surface area (Å²) < 4.78 is 5.38. The lowest BCUT2D eigenvalue weighted by atomic mass is 9.81. The topological polar surface area (TPSA) is 61.9 Å². The Hall–Kier alpha value is -1.92. The first-order valence-electron chi connectivity index (χ1n) is 9.04. The van der Waals surface area contributed by atoms with E-state index in [0.717, 1.165) is 24.0 Å². The maximum absolute atomic E-state index is 13.2. The second kappa shape index (κ2) is 6.42. The molecule has 25 heavy (non-hydrogen) atoms. The van der Waals surface area contributed by atoms with Crippen molar-refractivity contribution in [2.24, 2.45) is 5.92 Å². The van der Waals surface area contributed by atoms with Crippen molar-refractivity contribution in [1.29, 1.82) is 0 Å². The van der Waals surface area contributed by atoms with Crippen molar-refractivity contribution in [1.82, 2.24) is 15.1 Å². The second-order valence-corrected chi connectivity index (χ2v) is 7.45. The van der Waals surface area contributed by atoms with Crippen LogP contribution in [-0.2, 0) is 16.0 Å². The number of fused-ring (bicyclic) bond motifs is 1. The molecular formula is C19H25N3O3. The molecule has 2 saturated heterocycles. The Morgan fingerprint density at radius 1 is 1.28 bits per heavy atom. The third-order valence-corrected chi connectivity index (χ3v) is 5.80. The molecule has 3 heterocycles. The average Bonchev–Trinajstić information content (AvgIpc) is 2.88. The minimum Gasteiger partial charge on any atom is -0.378 e. The zero-order valence-corrected chi connectivity index (χ0v) is 14.7. The number of rotatable bonds is 1. The van der Waals surface area contributed by atoms with E-state index in [0.29, 0.717) is 39.4 Å². The van der Waals surface area contributed by atoms with Crippen molar-refractivity contribution in [2.45, 2.75) is 18.4 Å². The van der Waals surface area contributed by atoms with Crippen LogP contribution in [0.5, 0.6) is 0 Å². The fraction of sp³-hybridized carbons (Fsp3) is 0.579. The summed E-state index contributed by atoms with van der Waals surface area (Å²) in [6.45, 7) is 3.88. The standard InChI is InChI=1S/C19H25N3O3/c1-21-12-16(18(24)22-8-10-25-11-9-22)19(13-21)7-6-14-4-2-3-5-15(14)17(23)20-19/h2-5,16H,6-13H2,1H3,(H,20,23)/t16-,19+/m0/s1. The van der Waals surface area contributed by atoms with Crippen molar-refractivity contribution in [3.63, 3.8) is 0 Å². The number of carbonyl (C=O) groups is 2. The highest BCUT2D eigenvalue weighted by molar-refractivity contribution is 5.97. The Kier molecular flexibility index (Phi) is 4.25. The molecule has 0 radical (unpaired) electrons. The number of nitrogens with one attached hydrogen (secondary N) is 1. The third kappa shape index (κ3) is 2.93. The van der Waals surface area contributed by atoms with Gasteiger partial charge in [-0.15, -0.1) is 0 Å². The van der Waals surface area contributed by atoms with E-state index in [4.69, 9.17) is 4.74 Å². The fourth-order valence-corrected chi connectivity index (χ4v) is 4.51. The van der Waals surface area contributed by atoms with Gasteiger partial charge in [0, 0.05) is 31.7 Å². The number of likely N-dealkylation sites (tertiary alicyclic amines) is 1. The zero-order valence-electron chi connectivity index (χ0n) is 14.7. The molecule has 4 rings (SSSR count). The zero-order chi connectivity index (χ0) is 17.4. The molecule has 1 spiro atoms. The summed E-state index contributed by atoms with van der Waals surface area (Å²) in [4.78, 5) is 30.1. The van der Waals surface area contributed by atoms with E-state index >= 15 is 0 Å². The van der Waals surface area contributed by atoms with E-state index in [1.54, 1.807) is 0 Å². The minimum absolute atomic E-state index is 0.0526. The van der Waals surface area contributed by atoms with Gasteiger partial charge in [0.25, 0.3) is 5.91 Å². The van der Waals surface area contributed by atoms with Gasteiger partial charge in [-0.2, -0.15) is 0 Å². The monoisotopic (exact) mass is 343 g/mol. The van der Waals surface area contributed by atoms with Crippen LogP contribution in [0.15, 0.2) is 24.3 Å². The van der Waals surface area contributed by atoms with Crippen LogP contribution in [0, 0.1) is 5.92 Å². The van der Waals surface area contributed by atoms with Crippen LogP contribution < -0.4 is 5.32 Å². The molecule has 1 N–H and O–H groups in total. The highest BCUT2D eigenvalue weighted by Crippen LogP contribution is 2.35. The van der Waals surface area contributed by atoms with Crippen molar-refractivity contribution in [3.8, 4) is 0 Å². The molecule has 0 aliphatic carbocycles. The maximum Gasteiger partial charge on any atom is 0.252 e.